The van der Waals surface area contributed by atoms with E-state index in [0.29, 0.717) is 5.92 Å². The van der Waals surface area contributed by atoms with Crippen LogP contribution < -0.4 is 10.1 Å². The van der Waals surface area contributed by atoms with Crippen molar-refractivity contribution < 1.29 is 4.74 Å². The largest absolute Gasteiger partial charge is 0.485 e. The van der Waals surface area contributed by atoms with Gasteiger partial charge in [-0.15, -0.1) is 0 Å². The zero-order chi connectivity index (χ0) is 14.4. The Hall–Kier alpha value is -0.800. The van der Waals surface area contributed by atoms with Gasteiger partial charge in [-0.05, 0) is 59.8 Å². The van der Waals surface area contributed by atoms with Crippen molar-refractivity contribution in [2.24, 2.45) is 5.92 Å². The van der Waals surface area contributed by atoms with Crippen molar-refractivity contribution >= 4 is 15.9 Å². The summed E-state index contributed by atoms with van der Waals surface area (Å²) in [6.45, 7) is 6.31. The molecule has 0 aromatic heterocycles. The van der Waals surface area contributed by atoms with Crippen molar-refractivity contribution in [3.8, 4) is 5.75 Å². The molecule has 2 rings (SSSR count). The SMILES string of the molecule is CC(C)CNCc1cccc(Br)c1OC1C=CCCC1. The van der Waals surface area contributed by atoms with E-state index in [1.54, 1.807) is 0 Å². The molecule has 110 valence electrons. The zero-order valence-electron chi connectivity index (χ0n) is 12.4. The molecule has 0 spiro atoms. The number of rotatable bonds is 6. The third kappa shape index (κ3) is 4.64. The molecule has 1 aromatic carbocycles. The van der Waals surface area contributed by atoms with Gasteiger partial charge < -0.3 is 10.1 Å². The van der Waals surface area contributed by atoms with Crippen LogP contribution in [0.4, 0.5) is 0 Å². The van der Waals surface area contributed by atoms with E-state index in [1.807, 2.05) is 6.07 Å². The Kier molecular flexibility index (Phi) is 6.11. The molecule has 1 unspecified atom stereocenters. The molecule has 1 aliphatic rings. The summed E-state index contributed by atoms with van der Waals surface area (Å²) in [7, 11) is 0. The van der Waals surface area contributed by atoms with Crippen molar-refractivity contribution in [3.05, 3.63) is 40.4 Å². The molecule has 0 amide bonds. The standard InChI is InChI=1S/C17H24BrNO/c1-13(2)11-19-12-14-7-6-10-16(18)17(14)20-15-8-4-3-5-9-15/h4,6-8,10,13,15,19H,3,5,9,11-12H2,1-2H3. The fourth-order valence-corrected chi connectivity index (χ4v) is 2.85. The molecule has 1 aliphatic carbocycles. The average Bonchev–Trinajstić information content (AvgIpc) is 2.43. The molecular formula is C17H24BrNO. The summed E-state index contributed by atoms with van der Waals surface area (Å²) in [4.78, 5) is 0. The molecule has 20 heavy (non-hydrogen) atoms. The summed E-state index contributed by atoms with van der Waals surface area (Å²) >= 11 is 3.62. The predicted molar refractivity (Wildman–Crippen MR) is 88.1 cm³/mol. The Morgan fingerprint density at radius 1 is 1.40 bits per heavy atom. The van der Waals surface area contributed by atoms with Crippen LogP contribution in [0.25, 0.3) is 0 Å². The molecule has 0 heterocycles. The Morgan fingerprint density at radius 2 is 2.25 bits per heavy atom. The minimum absolute atomic E-state index is 0.214. The maximum Gasteiger partial charge on any atom is 0.138 e. The molecule has 1 N–H and O–H groups in total. The zero-order valence-corrected chi connectivity index (χ0v) is 13.9. The minimum atomic E-state index is 0.214. The number of hydrogen-bond acceptors (Lipinski definition) is 2. The second-order valence-electron chi connectivity index (χ2n) is 5.77. The van der Waals surface area contributed by atoms with E-state index in [4.69, 9.17) is 4.74 Å². The van der Waals surface area contributed by atoms with E-state index in [2.05, 4.69) is 59.4 Å². The Balaban J connectivity index is 2.05. The first kappa shape index (κ1) is 15.6. The molecule has 0 saturated heterocycles. The molecule has 1 atom stereocenters. The minimum Gasteiger partial charge on any atom is -0.485 e. The highest BCUT2D eigenvalue weighted by atomic mass is 79.9. The van der Waals surface area contributed by atoms with Crippen LogP contribution in [0.2, 0.25) is 0 Å². The van der Waals surface area contributed by atoms with Crippen molar-refractivity contribution in [1.29, 1.82) is 0 Å². The van der Waals surface area contributed by atoms with E-state index < -0.39 is 0 Å². The van der Waals surface area contributed by atoms with Gasteiger partial charge in [-0.3, -0.25) is 0 Å². The van der Waals surface area contributed by atoms with E-state index in [9.17, 15) is 0 Å². The summed E-state index contributed by atoms with van der Waals surface area (Å²) in [5.41, 5.74) is 1.22. The fraction of sp³-hybridized carbons (Fsp3) is 0.529. The third-order valence-corrected chi connectivity index (χ3v) is 4.02. The van der Waals surface area contributed by atoms with Crippen LogP contribution in [-0.2, 0) is 6.54 Å². The van der Waals surface area contributed by atoms with Crippen LogP contribution >= 0.6 is 15.9 Å². The molecule has 0 bridgehead atoms. The van der Waals surface area contributed by atoms with Gasteiger partial charge in [0.15, 0.2) is 0 Å². The maximum atomic E-state index is 6.20. The first-order chi connectivity index (χ1) is 9.66. The van der Waals surface area contributed by atoms with Crippen molar-refractivity contribution in [2.75, 3.05) is 6.54 Å². The molecule has 0 saturated carbocycles. The van der Waals surface area contributed by atoms with Crippen LogP contribution in [0.5, 0.6) is 5.75 Å². The van der Waals surface area contributed by atoms with Gasteiger partial charge >= 0.3 is 0 Å². The maximum absolute atomic E-state index is 6.20. The van der Waals surface area contributed by atoms with Gasteiger partial charge in [0.1, 0.15) is 11.9 Å². The summed E-state index contributed by atoms with van der Waals surface area (Å²) in [5, 5.41) is 3.49. The lowest BCUT2D eigenvalue weighted by Gasteiger charge is -2.22. The first-order valence-electron chi connectivity index (χ1n) is 7.48. The van der Waals surface area contributed by atoms with Crippen LogP contribution in [0, 0.1) is 5.92 Å². The fourth-order valence-electron chi connectivity index (χ4n) is 2.35. The van der Waals surface area contributed by atoms with Crippen molar-refractivity contribution in [3.63, 3.8) is 0 Å². The number of para-hydroxylation sites is 1. The lowest BCUT2D eigenvalue weighted by Crippen LogP contribution is -2.21. The molecule has 2 nitrogen and oxygen atoms in total. The first-order valence-corrected chi connectivity index (χ1v) is 8.27. The Morgan fingerprint density at radius 3 is 2.95 bits per heavy atom. The lowest BCUT2D eigenvalue weighted by atomic mass is 10.1. The molecule has 0 aliphatic heterocycles. The van der Waals surface area contributed by atoms with Gasteiger partial charge in [-0.25, -0.2) is 0 Å². The van der Waals surface area contributed by atoms with Gasteiger partial charge in [0.2, 0.25) is 0 Å². The van der Waals surface area contributed by atoms with Gasteiger partial charge in [0.25, 0.3) is 0 Å². The number of benzene rings is 1. The second-order valence-corrected chi connectivity index (χ2v) is 6.62. The van der Waals surface area contributed by atoms with Crippen LogP contribution in [0.3, 0.4) is 0 Å². The third-order valence-electron chi connectivity index (χ3n) is 3.40. The smallest absolute Gasteiger partial charge is 0.138 e. The van der Waals surface area contributed by atoms with Gasteiger partial charge in [-0.2, -0.15) is 0 Å². The number of halogens is 1. The van der Waals surface area contributed by atoms with Gasteiger partial charge in [0, 0.05) is 12.1 Å². The van der Waals surface area contributed by atoms with Gasteiger partial charge in [0.05, 0.1) is 4.47 Å². The quantitative estimate of drug-likeness (QED) is 0.761. The highest BCUT2D eigenvalue weighted by Crippen LogP contribution is 2.31. The molecule has 3 heteroatoms. The molecule has 0 radical (unpaired) electrons. The molecule has 1 aromatic rings. The highest BCUT2D eigenvalue weighted by molar-refractivity contribution is 9.10. The van der Waals surface area contributed by atoms with E-state index in [-0.39, 0.29) is 6.10 Å². The summed E-state index contributed by atoms with van der Waals surface area (Å²) < 4.78 is 7.24. The van der Waals surface area contributed by atoms with Gasteiger partial charge in [-0.1, -0.05) is 32.1 Å². The monoisotopic (exact) mass is 337 g/mol. The Labute approximate surface area is 130 Å². The predicted octanol–water partition coefficient (Wildman–Crippen LogP) is 4.68. The number of nitrogens with one attached hydrogen (secondary N) is 1. The van der Waals surface area contributed by atoms with Crippen LogP contribution in [0.15, 0.2) is 34.8 Å². The summed E-state index contributed by atoms with van der Waals surface area (Å²) in [6, 6.07) is 6.26. The summed E-state index contributed by atoms with van der Waals surface area (Å²) in [6.07, 6.45) is 8.13. The Bertz CT molecular complexity index is 456. The number of hydrogen-bond donors (Lipinski definition) is 1. The topological polar surface area (TPSA) is 21.3 Å². The van der Waals surface area contributed by atoms with Crippen molar-refractivity contribution in [2.45, 2.75) is 45.8 Å². The van der Waals surface area contributed by atoms with Crippen LogP contribution in [-0.4, -0.2) is 12.6 Å². The normalized spacial score (nSPS) is 18.5. The number of ether oxygens (including phenoxy) is 1. The van der Waals surface area contributed by atoms with E-state index in [0.717, 1.165) is 29.7 Å². The van der Waals surface area contributed by atoms with Crippen molar-refractivity contribution in [1.82, 2.24) is 5.32 Å². The second kappa shape index (κ2) is 7.84. The number of allylic oxidation sites excluding steroid dienone is 1. The lowest BCUT2D eigenvalue weighted by molar-refractivity contribution is 0.226. The highest BCUT2D eigenvalue weighted by Gasteiger charge is 2.14. The van der Waals surface area contributed by atoms with E-state index in [1.165, 1.54) is 18.4 Å². The average molecular weight is 338 g/mol. The molecule has 0 fully saturated rings. The van der Waals surface area contributed by atoms with Crippen LogP contribution in [0.1, 0.15) is 38.7 Å². The summed E-state index contributed by atoms with van der Waals surface area (Å²) in [5.74, 6) is 1.65. The van der Waals surface area contributed by atoms with E-state index >= 15 is 0 Å². The molecular weight excluding hydrogens is 314 g/mol.